The molecule has 1 N–H and O–H groups in total. The van der Waals surface area contributed by atoms with E-state index in [0.29, 0.717) is 6.54 Å². The summed E-state index contributed by atoms with van der Waals surface area (Å²) in [6, 6.07) is 12.9. The largest absolute Gasteiger partial charge is 0.490 e. The maximum Gasteiger partial charge on any atom is 0.311 e. The number of hydrogen-bond acceptors (Lipinski definition) is 4. The van der Waals surface area contributed by atoms with Crippen molar-refractivity contribution in [1.29, 1.82) is 0 Å². The molecular weight excluding hydrogens is 256 g/mol. The second-order valence-corrected chi connectivity index (χ2v) is 4.48. The van der Waals surface area contributed by atoms with Gasteiger partial charge in [0.2, 0.25) is 0 Å². The Morgan fingerprint density at radius 2 is 1.90 bits per heavy atom. The van der Waals surface area contributed by atoms with Gasteiger partial charge in [0.1, 0.15) is 0 Å². The Hall–Kier alpha value is -2.56. The topological polar surface area (TPSA) is 64.4 Å². The van der Waals surface area contributed by atoms with Crippen LogP contribution in [0.3, 0.4) is 0 Å². The van der Waals surface area contributed by atoms with Crippen molar-refractivity contribution in [3.05, 3.63) is 63.7 Å². The summed E-state index contributed by atoms with van der Waals surface area (Å²) in [5.41, 5.74) is 2.98. The molecule has 0 radical (unpaired) electrons. The SMILES string of the molecule is COc1ccc(CNc2ccc(C)cc2)cc1[N+](=O)[O-]. The molecule has 2 rings (SSSR count). The monoisotopic (exact) mass is 272 g/mol. The number of nitrogens with one attached hydrogen (secondary N) is 1. The number of aryl methyl sites for hydroxylation is 1. The molecule has 0 saturated carbocycles. The van der Waals surface area contributed by atoms with E-state index in [0.717, 1.165) is 11.3 Å². The summed E-state index contributed by atoms with van der Waals surface area (Å²) in [6.45, 7) is 2.55. The number of nitro groups is 1. The first kappa shape index (κ1) is 13.9. The Balaban J connectivity index is 2.11. The minimum atomic E-state index is -0.436. The van der Waals surface area contributed by atoms with Gasteiger partial charge < -0.3 is 10.1 Å². The van der Waals surface area contributed by atoms with E-state index >= 15 is 0 Å². The highest BCUT2D eigenvalue weighted by atomic mass is 16.6. The first-order valence-electron chi connectivity index (χ1n) is 6.22. The normalized spacial score (nSPS) is 10.1. The van der Waals surface area contributed by atoms with Gasteiger partial charge in [0.05, 0.1) is 12.0 Å². The van der Waals surface area contributed by atoms with Crippen LogP contribution in [0.5, 0.6) is 5.75 Å². The molecule has 20 heavy (non-hydrogen) atoms. The summed E-state index contributed by atoms with van der Waals surface area (Å²) < 4.78 is 4.98. The summed E-state index contributed by atoms with van der Waals surface area (Å²) in [5.74, 6) is 0.272. The van der Waals surface area contributed by atoms with Crippen LogP contribution in [0.15, 0.2) is 42.5 Å². The summed E-state index contributed by atoms with van der Waals surface area (Å²) >= 11 is 0. The summed E-state index contributed by atoms with van der Waals surface area (Å²) in [6.07, 6.45) is 0. The zero-order valence-corrected chi connectivity index (χ0v) is 11.4. The Morgan fingerprint density at radius 3 is 2.50 bits per heavy atom. The van der Waals surface area contributed by atoms with Crippen LogP contribution in [-0.4, -0.2) is 12.0 Å². The highest BCUT2D eigenvalue weighted by Gasteiger charge is 2.14. The first-order chi connectivity index (χ1) is 9.60. The number of benzene rings is 2. The zero-order chi connectivity index (χ0) is 14.5. The van der Waals surface area contributed by atoms with Gasteiger partial charge in [-0.05, 0) is 30.7 Å². The fraction of sp³-hybridized carbons (Fsp3) is 0.200. The van der Waals surface area contributed by atoms with Crippen molar-refractivity contribution >= 4 is 11.4 Å². The number of hydrogen-bond donors (Lipinski definition) is 1. The number of rotatable bonds is 5. The lowest BCUT2D eigenvalue weighted by atomic mass is 10.1. The molecular formula is C15H16N2O3. The van der Waals surface area contributed by atoms with E-state index in [1.165, 1.54) is 18.7 Å². The standard InChI is InChI=1S/C15H16N2O3/c1-11-3-6-13(7-4-11)16-10-12-5-8-15(20-2)14(9-12)17(18)19/h3-9,16H,10H2,1-2H3. The van der Waals surface area contributed by atoms with E-state index in [9.17, 15) is 10.1 Å². The van der Waals surface area contributed by atoms with Crippen LogP contribution in [0.4, 0.5) is 11.4 Å². The van der Waals surface area contributed by atoms with Crippen molar-refractivity contribution in [2.75, 3.05) is 12.4 Å². The third kappa shape index (κ3) is 3.26. The molecule has 0 fully saturated rings. The second kappa shape index (κ2) is 6.06. The first-order valence-corrected chi connectivity index (χ1v) is 6.22. The smallest absolute Gasteiger partial charge is 0.311 e. The van der Waals surface area contributed by atoms with Crippen molar-refractivity contribution in [1.82, 2.24) is 0 Å². The Labute approximate surface area is 117 Å². The van der Waals surface area contributed by atoms with Crippen molar-refractivity contribution in [2.24, 2.45) is 0 Å². The van der Waals surface area contributed by atoms with Gasteiger partial charge >= 0.3 is 5.69 Å². The van der Waals surface area contributed by atoms with Gasteiger partial charge in [-0.25, -0.2) is 0 Å². The van der Waals surface area contributed by atoms with Crippen LogP contribution in [0, 0.1) is 17.0 Å². The van der Waals surface area contributed by atoms with Gasteiger partial charge in [0.15, 0.2) is 5.75 Å². The quantitative estimate of drug-likeness (QED) is 0.668. The van der Waals surface area contributed by atoms with Crippen LogP contribution >= 0.6 is 0 Å². The fourth-order valence-electron chi connectivity index (χ4n) is 1.86. The predicted molar refractivity (Wildman–Crippen MR) is 78.2 cm³/mol. The lowest BCUT2D eigenvalue weighted by molar-refractivity contribution is -0.385. The molecule has 0 unspecified atom stereocenters. The van der Waals surface area contributed by atoms with Gasteiger partial charge in [-0.2, -0.15) is 0 Å². The van der Waals surface area contributed by atoms with E-state index in [4.69, 9.17) is 4.74 Å². The van der Waals surface area contributed by atoms with Gasteiger partial charge in [0, 0.05) is 18.3 Å². The summed E-state index contributed by atoms with van der Waals surface area (Å²) in [4.78, 5) is 10.5. The molecule has 104 valence electrons. The molecule has 5 heteroatoms. The molecule has 0 aliphatic carbocycles. The highest BCUT2D eigenvalue weighted by Crippen LogP contribution is 2.27. The van der Waals surface area contributed by atoms with Gasteiger partial charge in [-0.1, -0.05) is 23.8 Å². The molecule has 0 atom stereocenters. The van der Waals surface area contributed by atoms with Crippen LogP contribution in [0.2, 0.25) is 0 Å². The maximum absolute atomic E-state index is 10.9. The molecule has 0 aliphatic heterocycles. The molecule has 0 aromatic heterocycles. The molecule has 0 heterocycles. The Kier molecular flexibility index (Phi) is 4.20. The lowest BCUT2D eigenvalue weighted by Gasteiger charge is -2.08. The number of ether oxygens (including phenoxy) is 1. The number of anilines is 1. The maximum atomic E-state index is 10.9. The third-order valence-corrected chi connectivity index (χ3v) is 2.99. The molecule has 0 saturated heterocycles. The van der Waals surface area contributed by atoms with Crippen LogP contribution in [0.25, 0.3) is 0 Å². The predicted octanol–water partition coefficient (Wildman–Crippen LogP) is 3.52. The van der Waals surface area contributed by atoms with Crippen molar-refractivity contribution < 1.29 is 9.66 Å². The molecule has 2 aromatic carbocycles. The van der Waals surface area contributed by atoms with E-state index in [1.54, 1.807) is 6.07 Å². The number of methoxy groups -OCH3 is 1. The minimum Gasteiger partial charge on any atom is -0.490 e. The van der Waals surface area contributed by atoms with E-state index < -0.39 is 4.92 Å². The average molecular weight is 272 g/mol. The summed E-state index contributed by atoms with van der Waals surface area (Å²) in [5, 5.41) is 14.2. The highest BCUT2D eigenvalue weighted by molar-refractivity contribution is 5.50. The molecule has 0 bridgehead atoms. The van der Waals surface area contributed by atoms with Gasteiger partial charge in [0.25, 0.3) is 0 Å². The number of nitro benzene ring substituents is 1. The molecule has 0 amide bonds. The zero-order valence-electron chi connectivity index (χ0n) is 11.4. The fourth-order valence-corrected chi connectivity index (χ4v) is 1.86. The third-order valence-electron chi connectivity index (χ3n) is 2.99. The summed E-state index contributed by atoms with van der Waals surface area (Å²) in [7, 11) is 1.42. The van der Waals surface area contributed by atoms with Crippen LogP contribution < -0.4 is 10.1 Å². The van der Waals surface area contributed by atoms with E-state index in [2.05, 4.69) is 5.32 Å². The van der Waals surface area contributed by atoms with E-state index in [1.807, 2.05) is 37.3 Å². The van der Waals surface area contributed by atoms with Crippen LogP contribution in [0.1, 0.15) is 11.1 Å². The van der Waals surface area contributed by atoms with E-state index in [-0.39, 0.29) is 11.4 Å². The lowest BCUT2D eigenvalue weighted by Crippen LogP contribution is -2.01. The Morgan fingerprint density at radius 1 is 1.20 bits per heavy atom. The van der Waals surface area contributed by atoms with Crippen molar-refractivity contribution in [3.8, 4) is 5.75 Å². The second-order valence-electron chi connectivity index (χ2n) is 4.48. The minimum absolute atomic E-state index is 0.0179. The van der Waals surface area contributed by atoms with Crippen LogP contribution in [-0.2, 0) is 6.54 Å². The van der Waals surface area contributed by atoms with Crippen molar-refractivity contribution in [3.63, 3.8) is 0 Å². The molecule has 0 spiro atoms. The average Bonchev–Trinajstić information content (AvgIpc) is 2.46. The van der Waals surface area contributed by atoms with Crippen molar-refractivity contribution in [2.45, 2.75) is 13.5 Å². The molecule has 0 aliphatic rings. The molecule has 2 aromatic rings. The van der Waals surface area contributed by atoms with Gasteiger partial charge in [-0.15, -0.1) is 0 Å². The number of nitrogens with zero attached hydrogens (tertiary/aromatic N) is 1. The Bertz CT molecular complexity index is 609. The molecule has 5 nitrogen and oxygen atoms in total. The van der Waals surface area contributed by atoms with Gasteiger partial charge in [-0.3, -0.25) is 10.1 Å².